The molecule has 0 bridgehead atoms. The van der Waals surface area contributed by atoms with Crippen LogP contribution in [0.4, 0.5) is 0 Å². The minimum Gasteiger partial charge on any atom is -0.497 e. The Labute approximate surface area is 118 Å². The van der Waals surface area contributed by atoms with Gasteiger partial charge in [0.15, 0.2) is 0 Å². The number of nitrogens with zero attached hydrogens (tertiary/aromatic N) is 1. The molecular weight excluding hydrogens is 246 g/mol. The second-order valence-corrected chi connectivity index (χ2v) is 5.33. The van der Waals surface area contributed by atoms with Gasteiger partial charge in [-0.15, -0.1) is 0 Å². The zero-order valence-electron chi connectivity index (χ0n) is 11.6. The highest BCUT2D eigenvalue weighted by Crippen LogP contribution is 2.35. The number of fused-ring (bicyclic) bond motifs is 3. The van der Waals surface area contributed by atoms with Gasteiger partial charge in [0, 0.05) is 16.8 Å². The van der Waals surface area contributed by atoms with Crippen LogP contribution in [0.2, 0.25) is 0 Å². The summed E-state index contributed by atoms with van der Waals surface area (Å²) in [6.07, 6.45) is 3.65. The van der Waals surface area contributed by atoms with Crippen LogP contribution in [0.1, 0.15) is 17.7 Å². The van der Waals surface area contributed by atoms with Crippen LogP contribution in [0.3, 0.4) is 0 Å². The monoisotopic (exact) mass is 263 g/mol. The van der Waals surface area contributed by atoms with Gasteiger partial charge in [-0.3, -0.25) is 0 Å². The molecule has 3 aromatic rings. The smallest absolute Gasteiger partial charge is 0.119 e. The van der Waals surface area contributed by atoms with E-state index in [9.17, 15) is 0 Å². The molecule has 4 rings (SSSR count). The van der Waals surface area contributed by atoms with Crippen LogP contribution in [0, 0.1) is 0 Å². The van der Waals surface area contributed by atoms with E-state index < -0.39 is 0 Å². The molecule has 2 nitrogen and oxygen atoms in total. The summed E-state index contributed by atoms with van der Waals surface area (Å²) in [5, 5.41) is 1.41. The summed E-state index contributed by atoms with van der Waals surface area (Å²) in [6, 6.07) is 17.1. The van der Waals surface area contributed by atoms with Crippen molar-refractivity contribution in [2.24, 2.45) is 0 Å². The van der Waals surface area contributed by atoms with Crippen molar-refractivity contribution in [1.82, 2.24) is 4.57 Å². The molecule has 0 N–H and O–H groups in total. The molecule has 0 amide bonds. The van der Waals surface area contributed by atoms with Gasteiger partial charge >= 0.3 is 0 Å². The van der Waals surface area contributed by atoms with Crippen LogP contribution in [-0.2, 0) is 12.8 Å². The number of rotatable bonds is 2. The van der Waals surface area contributed by atoms with Gasteiger partial charge in [0.2, 0.25) is 0 Å². The third-order valence-electron chi connectivity index (χ3n) is 4.26. The minimum absolute atomic E-state index is 0.904. The number of methoxy groups -OCH3 is 1. The predicted molar refractivity (Wildman–Crippen MR) is 81.9 cm³/mol. The van der Waals surface area contributed by atoms with Gasteiger partial charge in [0.25, 0.3) is 0 Å². The minimum atomic E-state index is 0.904. The molecule has 2 heteroatoms. The number of hydrogen-bond acceptors (Lipinski definition) is 1. The van der Waals surface area contributed by atoms with E-state index in [0.717, 1.165) is 5.75 Å². The average Bonchev–Trinajstić information content (AvgIpc) is 3.08. The summed E-state index contributed by atoms with van der Waals surface area (Å²) in [6.45, 7) is 0. The Morgan fingerprint density at radius 2 is 1.75 bits per heavy atom. The van der Waals surface area contributed by atoms with E-state index in [2.05, 4.69) is 41.0 Å². The number of benzene rings is 2. The number of para-hydroxylation sites is 1. The SMILES string of the molecule is COc1ccc(-n2c3c(c4ccccc42)CCC3)cc1. The van der Waals surface area contributed by atoms with E-state index >= 15 is 0 Å². The lowest BCUT2D eigenvalue weighted by molar-refractivity contribution is 0.415. The lowest BCUT2D eigenvalue weighted by atomic mass is 10.1. The van der Waals surface area contributed by atoms with Crippen molar-refractivity contribution in [3.8, 4) is 11.4 Å². The van der Waals surface area contributed by atoms with Crippen molar-refractivity contribution < 1.29 is 4.74 Å². The molecule has 1 aromatic heterocycles. The average molecular weight is 263 g/mol. The van der Waals surface area contributed by atoms with Gasteiger partial charge in [-0.1, -0.05) is 18.2 Å². The van der Waals surface area contributed by atoms with Crippen LogP contribution in [0.25, 0.3) is 16.6 Å². The quantitative estimate of drug-likeness (QED) is 0.678. The highest BCUT2D eigenvalue weighted by Gasteiger charge is 2.21. The molecule has 0 saturated carbocycles. The van der Waals surface area contributed by atoms with Gasteiger partial charge in [-0.25, -0.2) is 0 Å². The lowest BCUT2D eigenvalue weighted by Crippen LogP contribution is -1.98. The van der Waals surface area contributed by atoms with E-state index in [1.165, 1.54) is 47.1 Å². The summed E-state index contributed by atoms with van der Waals surface area (Å²) in [7, 11) is 1.71. The fraction of sp³-hybridized carbons (Fsp3) is 0.222. The largest absolute Gasteiger partial charge is 0.497 e. The predicted octanol–water partition coefficient (Wildman–Crippen LogP) is 4.13. The number of hydrogen-bond donors (Lipinski definition) is 0. The molecule has 0 unspecified atom stereocenters. The Morgan fingerprint density at radius 1 is 0.950 bits per heavy atom. The normalized spacial score (nSPS) is 13.7. The molecule has 1 aliphatic carbocycles. The Balaban J connectivity index is 1.98. The van der Waals surface area contributed by atoms with Crippen molar-refractivity contribution in [3.63, 3.8) is 0 Å². The first-order chi connectivity index (χ1) is 9.88. The van der Waals surface area contributed by atoms with Gasteiger partial charge in [0.1, 0.15) is 5.75 Å². The van der Waals surface area contributed by atoms with E-state index in [4.69, 9.17) is 4.74 Å². The van der Waals surface area contributed by atoms with Crippen LogP contribution >= 0.6 is 0 Å². The standard InChI is InChI=1S/C18H17NO/c1-20-14-11-9-13(10-12-14)19-17-7-3-2-5-15(17)16-6-4-8-18(16)19/h2-3,5,7,9-12H,4,6,8H2,1H3. The van der Waals surface area contributed by atoms with Crippen molar-refractivity contribution >= 4 is 10.9 Å². The molecule has 0 aliphatic heterocycles. The van der Waals surface area contributed by atoms with Crippen LogP contribution in [0.5, 0.6) is 5.75 Å². The van der Waals surface area contributed by atoms with Crippen molar-refractivity contribution in [1.29, 1.82) is 0 Å². The third-order valence-corrected chi connectivity index (χ3v) is 4.26. The number of aryl methyl sites for hydroxylation is 1. The van der Waals surface area contributed by atoms with E-state index in [1.807, 2.05) is 12.1 Å². The molecule has 20 heavy (non-hydrogen) atoms. The first-order valence-electron chi connectivity index (χ1n) is 7.14. The summed E-state index contributed by atoms with van der Waals surface area (Å²) < 4.78 is 7.67. The first-order valence-corrected chi connectivity index (χ1v) is 7.14. The second-order valence-electron chi connectivity index (χ2n) is 5.33. The Hall–Kier alpha value is -2.22. The molecule has 0 fully saturated rings. The maximum Gasteiger partial charge on any atom is 0.119 e. The fourth-order valence-corrected chi connectivity index (χ4v) is 3.36. The molecule has 1 aliphatic rings. The Bertz CT molecular complexity index is 768. The molecular formula is C18H17NO. The zero-order valence-corrected chi connectivity index (χ0v) is 11.6. The first kappa shape index (κ1) is 11.6. The zero-order chi connectivity index (χ0) is 13.5. The van der Waals surface area contributed by atoms with E-state index in [-0.39, 0.29) is 0 Å². The van der Waals surface area contributed by atoms with Gasteiger partial charge in [-0.2, -0.15) is 0 Å². The highest BCUT2D eigenvalue weighted by atomic mass is 16.5. The summed E-state index contributed by atoms with van der Waals surface area (Å²) in [5.74, 6) is 0.904. The molecule has 0 spiro atoms. The van der Waals surface area contributed by atoms with Crippen LogP contribution in [0.15, 0.2) is 48.5 Å². The maximum absolute atomic E-state index is 5.26. The maximum atomic E-state index is 5.26. The van der Waals surface area contributed by atoms with E-state index in [1.54, 1.807) is 7.11 Å². The summed E-state index contributed by atoms with van der Waals surface area (Å²) in [4.78, 5) is 0. The molecule has 0 radical (unpaired) electrons. The second kappa shape index (κ2) is 4.41. The molecule has 0 saturated heterocycles. The molecule has 100 valence electrons. The summed E-state index contributed by atoms with van der Waals surface area (Å²) in [5.41, 5.74) is 5.57. The molecule has 2 aromatic carbocycles. The fourth-order valence-electron chi connectivity index (χ4n) is 3.36. The lowest BCUT2D eigenvalue weighted by Gasteiger charge is -2.10. The number of ether oxygens (including phenoxy) is 1. The number of aromatic nitrogens is 1. The topological polar surface area (TPSA) is 14.2 Å². The van der Waals surface area contributed by atoms with Gasteiger partial charge in [-0.05, 0) is 55.2 Å². The molecule has 0 atom stereocenters. The van der Waals surface area contributed by atoms with Crippen molar-refractivity contribution in [3.05, 3.63) is 59.8 Å². The molecule has 1 heterocycles. The van der Waals surface area contributed by atoms with Crippen molar-refractivity contribution in [2.45, 2.75) is 19.3 Å². The van der Waals surface area contributed by atoms with Gasteiger partial charge < -0.3 is 9.30 Å². The highest BCUT2D eigenvalue weighted by molar-refractivity contribution is 5.88. The summed E-state index contributed by atoms with van der Waals surface area (Å²) >= 11 is 0. The Morgan fingerprint density at radius 3 is 2.55 bits per heavy atom. The van der Waals surface area contributed by atoms with E-state index in [0.29, 0.717) is 0 Å². The Kier molecular flexibility index (Phi) is 2.56. The van der Waals surface area contributed by atoms with Gasteiger partial charge in [0.05, 0.1) is 12.6 Å². The third kappa shape index (κ3) is 1.58. The van der Waals surface area contributed by atoms with Crippen LogP contribution in [-0.4, -0.2) is 11.7 Å². The van der Waals surface area contributed by atoms with Crippen LogP contribution < -0.4 is 4.74 Å². The van der Waals surface area contributed by atoms with Crippen molar-refractivity contribution in [2.75, 3.05) is 7.11 Å².